The van der Waals surface area contributed by atoms with Gasteiger partial charge in [-0.2, -0.15) is 5.10 Å². The van der Waals surface area contributed by atoms with Crippen LogP contribution in [0.4, 0.5) is 0 Å². The maximum Gasteiger partial charge on any atom is 0.266 e. The third kappa shape index (κ3) is 2.77. The standard InChI is InChI=1S/C15H13N3OS2/c1-2-17-14(19)13(21-15(17)20)8-11-9-16-18(10-11)12-6-4-3-5-7-12/h3-10H,2H2,1H3/b13-8-. The number of benzene rings is 1. The van der Waals surface area contributed by atoms with Gasteiger partial charge < -0.3 is 0 Å². The second-order valence-electron chi connectivity index (χ2n) is 4.48. The predicted octanol–water partition coefficient (Wildman–Crippen LogP) is 3.09. The molecule has 21 heavy (non-hydrogen) atoms. The van der Waals surface area contributed by atoms with Crippen LogP contribution in [0.25, 0.3) is 11.8 Å². The van der Waals surface area contributed by atoms with Crippen LogP contribution in [0.3, 0.4) is 0 Å². The number of para-hydroxylation sites is 1. The number of hydrogen-bond donors (Lipinski definition) is 0. The molecule has 3 rings (SSSR count). The van der Waals surface area contributed by atoms with Crippen LogP contribution in [0, 0.1) is 0 Å². The van der Waals surface area contributed by atoms with Crippen molar-refractivity contribution >= 4 is 40.3 Å². The lowest BCUT2D eigenvalue weighted by atomic mass is 10.3. The van der Waals surface area contributed by atoms with E-state index in [1.165, 1.54) is 11.8 Å². The molecule has 0 N–H and O–H groups in total. The van der Waals surface area contributed by atoms with Crippen LogP contribution >= 0.6 is 24.0 Å². The summed E-state index contributed by atoms with van der Waals surface area (Å²) in [5, 5.41) is 4.32. The van der Waals surface area contributed by atoms with Gasteiger partial charge in [-0.15, -0.1) is 0 Å². The molecule has 2 heterocycles. The second-order valence-corrected chi connectivity index (χ2v) is 6.16. The van der Waals surface area contributed by atoms with Gasteiger partial charge in [0.15, 0.2) is 0 Å². The third-order valence-electron chi connectivity index (χ3n) is 3.11. The van der Waals surface area contributed by atoms with Crippen molar-refractivity contribution in [2.24, 2.45) is 0 Å². The molecule has 1 amide bonds. The fourth-order valence-electron chi connectivity index (χ4n) is 2.06. The van der Waals surface area contributed by atoms with E-state index in [1.807, 2.05) is 49.5 Å². The zero-order valence-corrected chi connectivity index (χ0v) is 13.0. The van der Waals surface area contributed by atoms with Gasteiger partial charge in [-0.1, -0.05) is 42.2 Å². The first-order valence-corrected chi connectivity index (χ1v) is 7.77. The van der Waals surface area contributed by atoms with Gasteiger partial charge in [-0.3, -0.25) is 9.69 Å². The van der Waals surface area contributed by atoms with E-state index in [0.717, 1.165) is 11.3 Å². The van der Waals surface area contributed by atoms with Gasteiger partial charge >= 0.3 is 0 Å². The summed E-state index contributed by atoms with van der Waals surface area (Å²) in [7, 11) is 0. The van der Waals surface area contributed by atoms with E-state index in [0.29, 0.717) is 15.8 Å². The monoisotopic (exact) mass is 315 g/mol. The zero-order chi connectivity index (χ0) is 14.8. The van der Waals surface area contributed by atoms with Gasteiger partial charge in [0.2, 0.25) is 0 Å². The lowest BCUT2D eigenvalue weighted by Gasteiger charge is -2.09. The van der Waals surface area contributed by atoms with Crippen LogP contribution in [0.2, 0.25) is 0 Å². The van der Waals surface area contributed by atoms with Crippen LogP contribution in [-0.2, 0) is 4.79 Å². The van der Waals surface area contributed by atoms with Crippen LogP contribution in [0.5, 0.6) is 0 Å². The molecule has 0 bridgehead atoms. The molecular formula is C15H13N3OS2. The molecule has 1 saturated heterocycles. The topological polar surface area (TPSA) is 38.1 Å². The fourth-order valence-corrected chi connectivity index (χ4v) is 3.44. The number of likely N-dealkylation sites (N-methyl/N-ethyl adjacent to an activating group) is 1. The summed E-state index contributed by atoms with van der Waals surface area (Å²) in [6.07, 6.45) is 5.47. The van der Waals surface area contributed by atoms with Crippen molar-refractivity contribution in [2.45, 2.75) is 6.92 Å². The minimum Gasteiger partial charge on any atom is -0.293 e. The number of nitrogens with zero attached hydrogens (tertiary/aromatic N) is 3. The highest BCUT2D eigenvalue weighted by Crippen LogP contribution is 2.32. The number of carbonyl (C=O) groups is 1. The molecule has 106 valence electrons. The summed E-state index contributed by atoms with van der Waals surface area (Å²) in [5.41, 5.74) is 1.87. The van der Waals surface area contributed by atoms with Crippen LogP contribution in [0.15, 0.2) is 47.6 Å². The Labute approximate surface area is 132 Å². The average Bonchev–Trinajstić information content (AvgIpc) is 3.06. The largest absolute Gasteiger partial charge is 0.293 e. The van der Waals surface area contributed by atoms with Crippen molar-refractivity contribution in [3.8, 4) is 5.69 Å². The average molecular weight is 315 g/mol. The minimum absolute atomic E-state index is 0.0278. The summed E-state index contributed by atoms with van der Waals surface area (Å²) in [6, 6.07) is 9.84. The van der Waals surface area contributed by atoms with E-state index < -0.39 is 0 Å². The number of carbonyl (C=O) groups excluding carboxylic acids is 1. The van der Waals surface area contributed by atoms with E-state index >= 15 is 0 Å². The molecule has 0 spiro atoms. The molecule has 6 heteroatoms. The molecule has 1 aromatic carbocycles. The Bertz CT molecular complexity index is 722. The van der Waals surface area contributed by atoms with E-state index in [2.05, 4.69) is 5.10 Å². The normalized spacial score (nSPS) is 17.0. The molecule has 0 aliphatic carbocycles. The highest BCUT2D eigenvalue weighted by Gasteiger charge is 2.30. The Balaban J connectivity index is 1.87. The van der Waals surface area contributed by atoms with Crippen molar-refractivity contribution in [3.63, 3.8) is 0 Å². The van der Waals surface area contributed by atoms with Crippen molar-refractivity contribution < 1.29 is 4.79 Å². The number of amides is 1. The Morgan fingerprint density at radius 3 is 2.76 bits per heavy atom. The predicted molar refractivity (Wildman–Crippen MR) is 89.1 cm³/mol. The molecule has 0 atom stereocenters. The van der Waals surface area contributed by atoms with Gasteiger partial charge in [0.05, 0.1) is 16.8 Å². The maximum atomic E-state index is 12.2. The van der Waals surface area contributed by atoms with Crippen molar-refractivity contribution in [2.75, 3.05) is 6.54 Å². The first-order valence-electron chi connectivity index (χ1n) is 6.54. The summed E-state index contributed by atoms with van der Waals surface area (Å²) in [4.78, 5) is 14.4. The first kappa shape index (κ1) is 14.0. The van der Waals surface area contributed by atoms with Crippen LogP contribution in [-0.4, -0.2) is 31.5 Å². The number of hydrogen-bond acceptors (Lipinski definition) is 4. The molecule has 1 aliphatic rings. The number of thiocarbonyl (C=S) groups is 1. The second kappa shape index (κ2) is 5.83. The summed E-state index contributed by atoms with van der Waals surface area (Å²) in [5.74, 6) is -0.0278. The number of rotatable bonds is 3. The quantitative estimate of drug-likeness (QED) is 0.644. The Kier molecular flexibility index (Phi) is 3.90. The SMILES string of the molecule is CCN1C(=O)/C(=C/c2cnn(-c3ccccc3)c2)SC1=S. The molecule has 0 unspecified atom stereocenters. The van der Waals surface area contributed by atoms with Gasteiger partial charge in [0.1, 0.15) is 4.32 Å². The van der Waals surface area contributed by atoms with Crippen LogP contribution < -0.4 is 0 Å². The Hall–Kier alpha value is -1.92. The lowest BCUT2D eigenvalue weighted by Crippen LogP contribution is -2.27. The lowest BCUT2D eigenvalue weighted by molar-refractivity contribution is -0.121. The summed E-state index contributed by atoms with van der Waals surface area (Å²) >= 11 is 6.54. The van der Waals surface area contributed by atoms with Crippen molar-refractivity contribution in [3.05, 3.63) is 53.2 Å². The molecular weight excluding hydrogens is 302 g/mol. The van der Waals surface area contributed by atoms with Gasteiger partial charge in [0.25, 0.3) is 5.91 Å². The molecule has 0 saturated carbocycles. The summed E-state index contributed by atoms with van der Waals surface area (Å²) < 4.78 is 2.40. The fraction of sp³-hybridized carbons (Fsp3) is 0.133. The molecule has 4 nitrogen and oxygen atoms in total. The molecule has 1 aromatic heterocycles. The van der Waals surface area contributed by atoms with E-state index in [4.69, 9.17) is 12.2 Å². The number of thioether (sulfide) groups is 1. The smallest absolute Gasteiger partial charge is 0.266 e. The van der Waals surface area contributed by atoms with Gasteiger partial charge in [-0.05, 0) is 25.1 Å². The van der Waals surface area contributed by atoms with E-state index in [-0.39, 0.29) is 5.91 Å². The van der Waals surface area contributed by atoms with Gasteiger partial charge in [-0.25, -0.2) is 4.68 Å². The van der Waals surface area contributed by atoms with Gasteiger partial charge in [0, 0.05) is 18.3 Å². The molecule has 2 aromatic rings. The van der Waals surface area contributed by atoms with Crippen molar-refractivity contribution in [1.82, 2.24) is 14.7 Å². The van der Waals surface area contributed by atoms with E-state index in [1.54, 1.807) is 15.8 Å². The molecule has 0 radical (unpaired) electrons. The maximum absolute atomic E-state index is 12.2. The minimum atomic E-state index is -0.0278. The Morgan fingerprint density at radius 1 is 1.33 bits per heavy atom. The third-order valence-corrected chi connectivity index (χ3v) is 4.49. The molecule has 1 aliphatic heterocycles. The Morgan fingerprint density at radius 2 is 2.10 bits per heavy atom. The number of aromatic nitrogens is 2. The molecule has 1 fully saturated rings. The zero-order valence-electron chi connectivity index (χ0n) is 11.4. The van der Waals surface area contributed by atoms with Crippen LogP contribution in [0.1, 0.15) is 12.5 Å². The highest BCUT2D eigenvalue weighted by molar-refractivity contribution is 8.26. The highest BCUT2D eigenvalue weighted by atomic mass is 32.2. The van der Waals surface area contributed by atoms with Crippen molar-refractivity contribution in [1.29, 1.82) is 0 Å². The van der Waals surface area contributed by atoms with E-state index in [9.17, 15) is 4.79 Å². The first-order chi connectivity index (χ1) is 10.2. The summed E-state index contributed by atoms with van der Waals surface area (Å²) in [6.45, 7) is 2.52.